The lowest BCUT2D eigenvalue weighted by Gasteiger charge is -2.20. The first-order valence-corrected chi connectivity index (χ1v) is 9.60. The molecule has 0 fully saturated rings. The van der Waals surface area contributed by atoms with Crippen LogP contribution in [0.1, 0.15) is 35.9 Å². The third-order valence-electron chi connectivity index (χ3n) is 5.02. The molecule has 0 saturated heterocycles. The molecule has 0 aliphatic carbocycles. The highest BCUT2D eigenvalue weighted by atomic mass is 16.5. The van der Waals surface area contributed by atoms with Gasteiger partial charge in [-0.15, -0.1) is 0 Å². The zero-order valence-electron chi connectivity index (χ0n) is 16.9. The summed E-state index contributed by atoms with van der Waals surface area (Å²) in [6, 6.07) is 13.9. The number of aryl methyl sites for hydroxylation is 2. The second kappa shape index (κ2) is 8.74. The number of imidazole rings is 1. The fourth-order valence-corrected chi connectivity index (χ4v) is 3.15. The van der Waals surface area contributed by atoms with Gasteiger partial charge in [0.1, 0.15) is 11.6 Å². The van der Waals surface area contributed by atoms with Crippen LogP contribution in [-0.2, 0) is 11.3 Å². The van der Waals surface area contributed by atoms with Gasteiger partial charge in [0, 0.05) is 18.9 Å². The third kappa shape index (κ3) is 4.25. The minimum Gasteiger partial charge on any atom is -0.480 e. The van der Waals surface area contributed by atoms with Crippen LogP contribution in [0.25, 0.3) is 5.69 Å². The number of aromatic nitrogens is 2. The van der Waals surface area contributed by atoms with E-state index in [1.54, 1.807) is 6.20 Å². The number of benzene rings is 2. The first-order valence-electron chi connectivity index (χ1n) is 9.60. The van der Waals surface area contributed by atoms with Gasteiger partial charge in [0.2, 0.25) is 0 Å². The molecule has 1 atom stereocenters. The topological polar surface area (TPSA) is 56.1 Å². The van der Waals surface area contributed by atoms with Crippen LogP contribution in [0.4, 0.5) is 0 Å². The summed E-state index contributed by atoms with van der Waals surface area (Å²) in [5.74, 6) is 1.56. The molecular weight excluding hydrogens is 350 g/mol. The molecule has 5 nitrogen and oxygen atoms in total. The molecule has 0 aliphatic rings. The Bertz CT molecular complexity index is 962. The Balaban J connectivity index is 1.71. The predicted molar refractivity (Wildman–Crippen MR) is 111 cm³/mol. The Morgan fingerprint density at radius 1 is 1.14 bits per heavy atom. The average molecular weight is 377 g/mol. The zero-order valence-corrected chi connectivity index (χ0v) is 16.9. The van der Waals surface area contributed by atoms with Crippen LogP contribution in [0.3, 0.4) is 0 Å². The SMILES string of the molecule is CC[C@H](Oc1cccc(C)c1C)C(=O)NCc1ccccc1-n1ccnc1C. The first kappa shape index (κ1) is 19.7. The van der Waals surface area contributed by atoms with E-state index in [0.29, 0.717) is 13.0 Å². The van der Waals surface area contributed by atoms with Gasteiger partial charge >= 0.3 is 0 Å². The van der Waals surface area contributed by atoms with Gasteiger partial charge in [-0.1, -0.05) is 37.3 Å². The molecule has 3 rings (SSSR count). The van der Waals surface area contributed by atoms with Crippen LogP contribution >= 0.6 is 0 Å². The highest BCUT2D eigenvalue weighted by molar-refractivity contribution is 5.81. The van der Waals surface area contributed by atoms with Crippen LogP contribution in [0, 0.1) is 20.8 Å². The largest absolute Gasteiger partial charge is 0.480 e. The van der Waals surface area contributed by atoms with E-state index in [0.717, 1.165) is 34.0 Å². The van der Waals surface area contributed by atoms with E-state index in [1.165, 1.54) is 0 Å². The maximum absolute atomic E-state index is 12.8. The van der Waals surface area contributed by atoms with E-state index in [-0.39, 0.29) is 5.91 Å². The van der Waals surface area contributed by atoms with Crippen LogP contribution in [0.5, 0.6) is 5.75 Å². The molecule has 0 spiro atoms. The molecule has 1 aromatic heterocycles. The van der Waals surface area contributed by atoms with Crippen molar-refractivity contribution in [3.05, 3.63) is 77.4 Å². The Hall–Kier alpha value is -3.08. The predicted octanol–water partition coefficient (Wildman–Crippen LogP) is 4.27. The molecule has 0 saturated carbocycles. The van der Waals surface area contributed by atoms with Crippen molar-refractivity contribution in [2.75, 3.05) is 0 Å². The molecule has 0 radical (unpaired) electrons. The molecular formula is C23H27N3O2. The molecule has 1 heterocycles. The first-order chi connectivity index (χ1) is 13.5. The van der Waals surface area contributed by atoms with Gasteiger partial charge in [-0.3, -0.25) is 4.79 Å². The average Bonchev–Trinajstić information content (AvgIpc) is 3.13. The lowest BCUT2D eigenvalue weighted by Crippen LogP contribution is -2.38. The number of nitrogens with zero attached hydrogens (tertiary/aromatic N) is 2. The number of hydrogen-bond donors (Lipinski definition) is 1. The fraction of sp³-hybridized carbons (Fsp3) is 0.304. The standard InChI is InChI=1S/C23H27N3O2/c1-5-21(28-22-12-8-9-16(2)17(22)3)23(27)25-15-19-10-6-7-11-20(19)26-14-13-24-18(26)4/h6-14,21H,5,15H2,1-4H3,(H,25,27)/t21-/m0/s1. The lowest BCUT2D eigenvalue weighted by molar-refractivity contribution is -0.128. The van der Waals surface area contributed by atoms with Crippen LogP contribution in [0.15, 0.2) is 54.9 Å². The number of carbonyl (C=O) groups is 1. The summed E-state index contributed by atoms with van der Waals surface area (Å²) in [4.78, 5) is 17.0. The van der Waals surface area contributed by atoms with Crippen molar-refractivity contribution < 1.29 is 9.53 Å². The summed E-state index contributed by atoms with van der Waals surface area (Å²) < 4.78 is 8.04. The van der Waals surface area contributed by atoms with E-state index in [1.807, 2.05) is 80.9 Å². The lowest BCUT2D eigenvalue weighted by atomic mass is 10.1. The van der Waals surface area contributed by atoms with Crippen molar-refractivity contribution in [3.8, 4) is 11.4 Å². The van der Waals surface area contributed by atoms with Crippen molar-refractivity contribution in [3.63, 3.8) is 0 Å². The second-order valence-electron chi connectivity index (χ2n) is 6.90. The van der Waals surface area contributed by atoms with Crippen molar-refractivity contribution in [1.29, 1.82) is 0 Å². The monoisotopic (exact) mass is 377 g/mol. The minimum atomic E-state index is -0.525. The molecule has 146 valence electrons. The van der Waals surface area contributed by atoms with Gasteiger partial charge < -0.3 is 14.6 Å². The number of ether oxygens (including phenoxy) is 1. The third-order valence-corrected chi connectivity index (χ3v) is 5.02. The van der Waals surface area contributed by atoms with Gasteiger partial charge in [-0.2, -0.15) is 0 Å². The van der Waals surface area contributed by atoms with Crippen LogP contribution < -0.4 is 10.1 Å². The Kier molecular flexibility index (Phi) is 6.14. The summed E-state index contributed by atoms with van der Waals surface area (Å²) in [6.07, 6.45) is 3.77. The summed E-state index contributed by atoms with van der Waals surface area (Å²) >= 11 is 0. The van der Waals surface area contributed by atoms with Gasteiger partial charge in [0.15, 0.2) is 6.10 Å². The number of nitrogens with one attached hydrogen (secondary N) is 1. The Labute approximate surface area is 166 Å². The number of rotatable bonds is 7. The number of carbonyl (C=O) groups excluding carboxylic acids is 1. The van der Waals surface area contributed by atoms with Crippen molar-refractivity contribution in [2.24, 2.45) is 0 Å². The quantitative estimate of drug-likeness (QED) is 0.669. The van der Waals surface area contributed by atoms with Crippen molar-refractivity contribution >= 4 is 5.91 Å². The smallest absolute Gasteiger partial charge is 0.261 e. The zero-order chi connectivity index (χ0) is 20.1. The summed E-state index contributed by atoms with van der Waals surface area (Å²) in [5, 5.41) is 3.03. The number of amides is 1. The molecule has 0 unspecified atom stereocenters. The molecule has 5 heteroatoms. The Morgan fingerprint density at radius 3 is 2.64 bits per heavy atom. The van der Waals surface area contributed by atoms with Crippen LogP contribution in [-0.4, -0.2) is 21.6 Å². The molecule has 1 N–H and O–H groups in total. The van der Waals surface area contributed by atoms with E-state index in [9.17, 15) is 4.79 Å². The van der Waals surface area contributed by atoms with E-state index < -0.39 is 6.10 Å². The number of hydrogen-bond acceptors (Lipinski definition) is 3. The van der Waals surface area contributed by atoms with Crippen molar-refractivity contribution in [1.82, 2.24) is 14.9 Å². The molecule has 0 bridgehead atoms. The highest BCUT2D eigenvalue weighted by Gasteiger charge is 2.19. The summed E-state index contributed by atoms with van der Waals surface area (Å²) in [7, 11) is 0. The van der Waals surface area contributed by atoms with Gasteiger partial charge in [-0.25, -0.2) is 4.98 Å². The van der Waals surface area contributed by atoms with Crippen LogP contribution in [0.2, 0.25) is 0 Å². The van der Waals surface area contributed by atoms with Gasteiger partial charge in [0.05, 0.1) is 5.69 Å². The van der Waals surface area contributed by atoms with Gasteiger partial charge in [-0.05, 0) is 56.0 Å². The minimum absolute atomic E-state index is 0.111. The fourth-order valence-electron chi connectivity index (χ4n) is 3.15. The highest BCUT2D eigenvalue weighted by Crippen LogP contribution is 2.22. The normalized spacial score (nSPS) is 11.9. The molecule has 0 aliphatic heterocycles. The Morgan fingerprint density at radius 2 is 1.93 bits per heavy atom. The molecule has 3 aromatic rings. The van der Waals surface area contributed by atoms with E-state index in [2.05, 4.69) is 10.3 Å². The van der Waals surface area contributed by atoms with E-state index >= 15 is 0 Å². The van der Waals surface area contributed by atoms with Crippen molar-refractivity contribution in [2.45, 2.75) is 46.8 Å². The summed E-state index contributed by atoms with van der Waals surface area (Å²) in [5.41, 5.74) is 4.26. The maximum Gasteiger partial charge on any atom is 0.261 e. The van der Waals surface area contributed by atoms with Gasteiger partial charge in [0.25, 0.3) is 5.91 Å². The summed E-state index contributed by atoms with van der Waals surface area (Å²) in [6.45, 7) is 8.40. The second-order valence-corrected chi connectivity index (χ2v) is 6.90. The molecule has 28 heavy (non-hydrogen) atoms. The van der Waals surface area contributed by atoms with E-state index in [4.69, 9.17) is 4.74 Å². The maximum atomic E-state index is 12.8. The molecule has 1 amide bonds. The number of para-hydroxylation sites is 1. The molecule has 2 aromatic carbocycles.